The van der Waals surface area contributed by atoms with Gasteiger partial charge < -0.3 is 8.60 Å². The lowest BCUT2D eigenvalue weighted by molar-refractivity contribution is 0.487. The van der Waals surface area contributed by atoms with Crippen molar-refractivity contribution in [2.24, 2.45) is 0 Å². The highest BCUT2D eigenvalue weighted by Crippen LogP contribution is 2.22. The molecule has 0 aliphatic carbocycles. The largest absolute Gasteiger partial charge is 0.403 e. The van der Waals surface area contributed by atoms with Crippen molar-refractivity contribution in [2.75, 3.05) is 5.75 Å². The van der Waals surface area contributed by atoms with Crippen LogP contribution in [0.25, 0.3) is 22.4 Å². The van der Waals surface area contributed by atoms with E-state index in [1.807, 2.05) is 0 Å². The summed E-state index contributed by atoms with van der Waals surface area (Å²) in [6.45, 7) is 1.50. The number of benzene rings is 2. The van der Waals surface area contributed by atoms with Gasteiger partial charge in [-0.2, -0.15) is 8.42 Å². The van der Waals surface area contributed by atoms with Gasteiger partial charge in [-0.25, -0.2) is 9.78 Å². The summed E-state index contributed by atoms with van der Waals surface area (Å²) in [6, 6.07) is 13.0. The van der Waals surface area contributed by atoms with Gasteiger partial charge in [-0.3, -0.25) is 0 Å². The number of aromatic nitrogens is 1. The average Bonchev–Trinajstić information content (AvgIpc) is 2.55. The summed E-state index contributed by atoms with van der Waals surface area (Å²) in [4.78, 5) is 16.3. The standard InChI is InChI=1S/C16H13NO5S/c1-2-23(19,20)22-12-9-7-11(8-10-12)15-17-14-6-4-3-5-13(14)16(18)21-15/h3-10H,2H2,1H3. The van der Waals surface area contributed by atoms with Crippen LogP contribution in [0.5, 0.6) is 5.75 Å². The van der Waals surface area contributed by atoms with Gasteiger partial charge in [0.2, 0.25) is 5.89 Å². The summed E-state index contributed by atoms with van der Waals surface area (Å²) >= 11 is 0. The van der Waals surface area contributed by atoms with E-state index in [0.717, 1.165) is 0 Å². The fourth-order valence-corrected chi connectivity index (χ4v) is 2.52. The topological polar surface area (TPSA) is 86.5 Å². The van der Waals surface area contributed by atoms with Crippen LogP contribution in [0.3, 0.4) is 0 Å². The summed E-state index contributed by atoms with van der Waals surface area (Å²) in [5.74, 6) is 0.243. The highest BCUT2D eigenvalue weighted by atomic mass is 32.2. The Bertz CT molecular complexity index is 1010. The number of hydrogen-bond acceptors (Lipinski definition) is 6. The van der Waals surface area contributed by atoms with Crippen LogP contribution in [0.15, 0.2) is 57.7 Å². The second-order valence-electron chi connectivity index (χ2n) is 4.78. The molecule has 0 bridgehead atoms. The molecule has 0 radical (unpaired) electrons. The van der Waals surface area contributed by atoms with Crippen molar-refractivity contribution < 1.29 is 17.0 Å². The van der Waals surface area contributed by atoms with Gasteiger partial charge in [0.25, 0.3) is 0 Å². The highest BCUT2D eigenvalue weighted by molar-refractivity contribution is 7.87. The molecule has 23 heavy (non-hydrogen) atoms. The molecule has 0 spiro atoms. The van der Waals surface area contributed by atoms with E-state index in [9.17, 15) is 13.2 Å². The van der Waals surface area contributed by atoms with Crippen LogP contribution >= 0.6 is 0 Å². The molecule has 118 valence electrons. The third-order valence-corrected chi connectivity index (χ3v) is 4.37. The Kier molecular flexibility index (Phi) is 3.87. The molecule has 0 unspecified atom stereocenters. The van der Waals surface area contributed by atoms with Crippen LogP contribution < -0.4 is 9.81 Å². The molecule has 3 aromatic rings. The third-order valence-electron chi connectivity index (χ3n) is 3.21. The average molecular weight is 331 g/mol. The normalized spacial score (nSPS) is 11.5. The molecule has 2 aromatic carbocycles. The van der Waals surface area contributed by atoms with Gasteiger partial charge in [-0.1, -0.05) is 12.1 Å². The molecular weight excluding hydrogens is 318 g/mol. The summed E-state index contributed by atoms with van der Waals surface area (Å²) in [5, 5.41) is 0.408. The van der Waals surface area contributed by atoms with Gasteiger partial charge in [-0.05, 0) is 43.3 Å². The SMILES string of the molecule is CCS(=O)(=O)Oc1ccc(-c2nc3ccccc3c(=O)o2)cc1. The Morgan fingerprint density at radius 1 is 1.09 bits per heavy atom. The first-order valence-electron chi connectivity index (χ1n) is 6.91. The molecule has 0 atom stereocenters. The Morgan fingerprint density at radius 3 is 2.48 bits per heavy atom. The Labute approximate surface area is 132 Å². The lowest BCUT2D eigenvalue weighted by Gasteiger charge is -2.06. The fraction of sp³-hybridized carbons (Fsp3) is 0.125. The highest BCUT2D eigenvalue weighted by Gasteiger charge is 2.11. The predicted octanol–water partition coefficient (Wildman–Crippen LogP) is 2.58. The Morgan fingerprint density at radius 2 is 1.78 bits per heavy atom. The summed E-state index contributed by atoms with van der Waals surface area (Å²) in [7, 11) is -3.57. The maximum atomic E-state index is 12.0. The van der Waals surface area contributed by atoms with Crippen LogP contribution in [0.2, 0.25) is 0 Å². The first-order valence-corrected chi connectivity index (χ1v) is 8.49. The number of rotatable bonds is 4. The van der Waals surface area contributed by atoms with Gasteiger partial charge >= 0.3 is 15.7 Å². The minimum atomic E-state index is -3.57. The van der Waals surface area contributed by atoms with E-state index < -0.39 is 15.7 Å². The zero-order chi connectivity index (χ0) is 16.4. The zero-order valence-corrected chi connectivity index (χ0v) is 13.0. The van der Waals surface area contributed by atoms with E-state index in [2.05, 4.69) is 4.98 Å². The predicted molar refractivity (Wildman–Crippen MR) is 85.8 cm³/mol. The lowest BCUT2D eigenvalue weighted by atomic mass is 10.2. The van der Waals surface area contributed by atoms with Gasteiger partial charge in [0.1, 0.15) is 5.75 Å². The van der Waals surface area contributed by atoms with Gasteiger partial charge in [-0.15, -0.1) is 0 Å². The number of fused-ring (bicyclic) bond motifs is 1. The Balaban J connectivity index is 1.98. The van der Waals surface area contributed by atoms with Crippen LogP contribution in [0.4, 0.5) is 0 Å². The molecule has 0 amide bonds. The smallest absolute Gasteiger partial charge is 0.347 e. The van der Waals surface area contributed by atoms with Crippen molar-refractivity contribution in [1.82, 2.24) is 4.98 Å². The van der Waals surface area contributed by atoms with Gasteiger partial charge in [0.15, 0.2) is 0 Å². The van der Waals surface area contributed by atoms with Crippen molar-refractivity contribution in [3.05, 3.63) is 59.0 Å². The molecule has 0 saturated heterocycles. The molecule has 7 heteroatoms. The third kappa shape index (κ3) is 3.24. The lowest BCUT2D eigenvalue weighted by Crippen LogP contribution is -2.11. The van der Waals surface area contributed by atoms with Gasteiger partial charge in [0.05, 0.1) is 16.7 Å². The monoisotopic (exact) mass is 331 g/mol. The number of para-hydroxylation sites is 1. The van der Waals surface area contributed by atoms with Crippen LogP contribution in [0.1, 0.15) is 6.92 Å². The van der Waals surface area contributed by atoms with Crippen molar-refractivity contribution in [1.29, 1.82) is 0 Å². The molecular formula is C16H13NO5S. The minimum Gasteiger partial charge on any atom is -0.403 e. The van der Waals surface area contributed by atoms with E-state index in [1.165, 1.54) is 19.1 Å². The van der Waals surface area contributed by atoms with E-state index in [1.54, 1.807) is 36.4 Å². The molecule has 0 N–H and O–H groups in total. The molecule has 0 aliphatic rings. The second kappa shape index (κ2) is 5.85. The van der Waals surface area contributed by atoms with E-state index in [-0.39, 0.29) is 17.4 Å². The van der Waals surface area contributed by atoms with E-state index in [4.69, 9.17) is 8.60 Å². The maximum Gasteiger partial charge on any atom is 0.347 e. The molecule has 3 rings (SSSR count). The molecule has 1 heterocycles. The van der Waals surface area contributed by atoms with Crippen LogP contribution in [-0.4, -0.2) is 19.2 Å². The van der Waals surface area contributed by atoms with Crippen molar-refractivity contribution in [3.63, 3.8) is 0 Å². The molecule has 6 nitrogen and oxygen atoms in total. The van der Waals surface area contributed by atoms with Crippen LogP contribution in [-0.2, 0) is 10.1 Å². The minimum absolute atomic E-state index is 0.115. The second-order valence-corrected chi connectivity index (χ2v) is 6.64. The molecule has 0 fully saturated rings. The van der Waals surface area contributed by atoms with Crippen LogP contribution in [0, 0.1) is 0 Å². The maximum absolute atomic E-state index is 12.0. The molecule has 1 aromatic heterocycles. The fourth-order valence-electron chi connectivity index (χ4n) is 2.00. The first kappa shape index (κ1) is 15.2. The van der Waals surface area contributed by atoms with Gasteiger partial charge in [0, 0.05) is 5.56 Å². The van der Waals surface area contributed by atoms with Crippen molar-refractivity contribution in [3.8, 4) is 17.2 Å². The zero-order valence-electron chi connectivity index (χ0n) is 12.2. The number of nitrogens with zero attached hydrogens (tertiary/aromatic N) is 1. The summed E-state index contributed by atoms with van der Waals surface area (Å²) in [6.07, 6.45) is 0. The Hall–Kier alpha value is -2.67. The summed E-state index contributed by atoms with van der Waals surface area (Å²) in [5.41, 5.74) is 0.612. The van der Waals surface area contributed by atoms with Crippen molar-refractivity contribution in [2.45, 2.75) is 6.92 Å². The van der Waals surface area contributed by atoms with E-state index >= 15 is 0 Å². The molecule has 0 saturated carbocycles. The first-order chi connectivity index (χ1) is 11.0. The van der Waals surface area contributed by atoms with Crippen molar-refractivity contribution >= 4 is 21.0 Å². The quantitative estimate of drug-likeness (QED) is 0.683. The molecule has 0 aliphatic heterocycles. The summed E-state index contributed by atoms with van der Waals surface area (Å²) < 4.78 is 32.9. The number of hydrogen-bond donors (Lipinski definition) is 0. The van der Waals surface area contributed by atoms with E-state index in [0.29, 0.717) is 16.5 Å².